The van der Waals surface area contributed by atoms with E-state index in [1.807, 2.05) is 31.2 Å². The normalized spacial score (nSPS) is 15.5. The van der Waals surface area contributed by atoms with Gasteiger partial charge in [-0.3, -0.25) is 14.4 Å². The fourth-order valence-corrected chi connectivity index (χ4v) is 4.24. The lowest BCUT2D eigenvalue weighted by atomic mass is 10.0. The minimum atomic E-state index is -0.508. The zero-order valence-corrected chi connectivity index (χ0v) is 20.1. The van der Waals surface area contributed by atoms with Crippen molar-refractivity contribution >= 4 is 23.4 Å². The number of nitrogens with zero attached hydrogens (tertiary/aromatic N) is 2. The van der Waals surface area contributed by atoms with Gasteiger partial charge < -0.3 is 24.6 Å². The van der Waals surface area contributed by atoms with Gasteiger partial charge in [0.15, 0.2) is 11.5 Å². The van der Waals surface area contributed by atoms with Gasteiger partial charge in [-0.25, -0.2) is 0 Å². The molecule has 1 N–H and O–H groups in total. The Labute approximate surface area is 199 Å². The molecule has 2 aliphatic rings. The number of carbonyl (C=O) groups excluding carboxylic acids is 3. The van der Waals surface area contributed by atoms with Crippen LogP contribution in [-0.4, -0.2) is 55.3 Å². The van der Waals surface area contributed by atoms with E-state index < -0.39 is 6.04 Å². The van der Waals surface area contributed by atoms with E-state index in [4.69, 9.17) is 9.47 Å². The van der Waals surface area contributed by atoms with Crippen LogP contribution in [0.1, 0.15) is 53.7 Å². The number of rotatable bonds is 9. The second-order valence-corrected chi connectivity index (χ2v) is 8.89. The van der Waals surface area contributed by atoms with Crippen LogP contribution in [-0.2, 0) is 16.1 Å². The summed E-state index contributed by atoms with van der Waals surface area (Å²) in [5.41, 5.74) is 2.64. The van der Waals surface area contributed by atoms with E-state index in [2.05, 4.69) is 5.32 Å². The Morgan fingerprint density at radius 1 is 1.18 bits per heavy atom. The highest BCUT2D eigenvalue weighted by atomic mass is 16.5. The summed E-state index contributed by atoms with van der Waals surface area (Å²) in [6.07, 6.45) is 1.89. The number of nitrogens with one attached hydrogen (secondary N) is 1. The zero-order valence-electron chi connectivity index (χ0n) is 20.1. The summed E-state index contributed by atoms with van der Waals surface area (Å²) in [5.74, 6) is 0.841. The van der Waals surface area contributed by atoms with Crippen LogP contribution >= 0.6 is 0 Å². The Bertz CT molecular complexity index is 1110. The third kappa shape index (κ3) is 4.71. The molecule has 1 heterocycles. The van der Waals surface area contributed by atoms with Gasteiger partial charge in [-0.15, -0.1) is 0 Å². The molecule has 2 aromatic rings. The van der Waals surface area contributed by atoms with Crippen LogP contribution in [0.25, 0.3) is 0 Å². The van der Waals surface area contributed by atoms with Crippen molar-refractivity contribution in [1.82, 2.24) is 9.80 Å². The highest BCUT2D eigenvalue weighted by Gasteiger charge is 2.38. The molecule has 1 saturated carbocycles. The molecule has 180 valence electrons. The first-order chi connectivity index (χ1) is 16.3. The SMILES string of the molecule is CCOc1cc([C@@H](CC(=O)N(C)C)N2Cc3cccc(NC(=O)C4CC4)c3C2=O)ccc1OC. The molecule has 0 unspecified atom stereocenters. The minimum Gasteiger partial charge on any atom is -0.493 e. The van der Waals surface area contributed by atoms with Gasteiger partial charge in [-0.05, 0) is 49.1 Å². The molecular weight excluding hydrogens is 434 g/mol. The van der Waals surface area contributed by atoms with Gasteiger partial charge in [-0.1, -0.05) is 18.2 Å². The third-order valence-corrected chi connectivity index (χ3v) is 6.29. The summed E-state index contributed by atoms with van der Waals surface area (Å²) in [5, 5.41) is 2.94. The molecule has 1 aliphatic heterocycles. The van der Waals surface area contributed by atoms with Gasteiger partial charge >= 0.3 is 0 Å². The van der Waals surface area contributed by atoms with Gasteiger partial charge in [-0.2, -0.15) is 0 Å². The number of hydrogen-bond acceptors (Lipinski definition) is 5. The number of carbonyl (C=O) groups is 3. The van der Waals surface area contributed by atoms with Crippen LogP contribution in [0.2, 0.25) is 0 Å². The van der Waals surface area contributed by atoms with Crippen LogP contribution < -0.4 is 14.8 Å². The summed E-state index contributed by atoms with van der Waals surface area (Å²) < 4.78 is 11.1. The maximum absolute atomic E-state index is 13.7. The average molecular weight is 466 g/mol. The maximum Gasteiger partial charge on any atom is 0.257 e. The lowest BCUT2D eigenvalue weighted by Crippen LogP contribution is -2.34. The molecule has 0 spiro atoms. The molecule has 0 saturated heterocycles. The van der Waals surface area contributed by atoms with Crippen molar-refractivity contribution < 1.29 is 23.9 Å². The third-order valence-electron chi connectivity index (χ3n) is 6.29. The van der Waals surface area contributed by atoms with Crippen molar-refractivity contribution in [2.24, 2.45) is 5.92 Å². The number of amides is 3. The van der Waals surface area contributed by atoms with E-state index in [9.17, 15) is 14.4 Å². The summed E-state index contributed by atoms with van der Waals surface area (Å²) >= 11 is 0. The Morgan fingerprint density at radius 2 is 1.94 bits per heavy atom. The number of fused-ring (bicyclic) bond motifs is 1. The van der Waals surface area contributed by atoms with Crippen LogP contribution in [0.5, 0.6) is 11.5 Å². The number of methoxy groups -OCH3 is 1. The largest absolute Gasteiger partial charge is 0.493 e. The number of benzene rings is 2. The molecule has 2 aromatic carbocycles. The fourth-order valence-electron chi connectivity index (χ4n) is 4.24. The highest BCUT2D eigenvalue weighted by Crippen LogP contribution is 2.40. The van der Waals surface area contributed by atoms with Gasteiger partial charge in [0.1, 0.15) is 0 Å². The van der Waals surface area contributed by atoms with Crippen LogP contribution in [0.15, 0.2) is 36.4 Å². The summed E-state index contributed by atoms with van der Waals surface area (Å²) in [6.45, 7) is 2.69. The molecule has 3 amide bonds. The lowest BCUT2D eigenvalue weighted by Gasteiger charge is -2.29. The first-order valence-corrected chi connectivity index (χ1v) is 11.6. The van der Waals surface area contributed by atoms with Crippen molar-refractivity contribution in [3.05, 3.63) is 53.1 Å². The van der Waals surface area contributed by atoms with Crippen molar-refractivity contribution in [1.29, 1.82) is 0 Å². The van der Waals surface area contributed by atoms with Gasteiger partial charge in [0, 0.05) is 26.6 Å². The molecule has 1 atom stereocenters. The summed E-state index contributed by atoms with van der Waals surface area (Å²) in [4.78, 5) is 42.1. The van der Waals surface area contributed by atoms with Crippen molar-refractivity contribution in [3.63, 3.8) is 0 Å². The molecule has 1 aliphatic carbocycles. The first kappa shape index (κ1) is 23.6. The van der Waals surface area contributed by atoms with Gasteiger partial charge in [0.2, 0.25) is 11.8 Å². The second-order valence-electron chi connectivity index (χ2n) is 8.89. The van der Waals surface area contributed by atoms with Crippen LogP contribution in [0, 0.1) is 5.92 Å². The van der Waals surface area contributed by atoms with Gasteiger partial charge in [0.05, 0.1) is 37.4 Å². The summed E-state index contributed by atoms with van der Waals surface area (Å²) in [7, 11) is 4.97. The van der Waals surface area contributed by atoms with E-state index in [0.29, 0.717) is 35.9 Å². The molecule has 0 radical (unpaired) electrons. The molecule has 0 bridgehead atoms. The Kier molecular flexibility index (Phi) is 6.77. The second kappa shape index (κ2) is 9.75. The molecule has 1 fully saturated rings. The average Bonchev–Trinajstić information content (AvgIpc) is 3.62. The topological polar surface area (TPSA) is 88.2 Å². The van der Waals surface area contributed by atoms with Crippen LogP contribution in [0.3, 0.4) is 0 Å². The first-order valence-electron chi connectivity index (χ1n) is 11.6. The van der Waals surface area contributed by atoms with Crippen molar-refractivity contribution in [2.45, 2.75) is 38.8 Å². The smallest absolute Gasteiger partial charge is 0.257 e. The minimum absolute atomic E-state index is 0.0326. The quantitative estimate of drug-likeness (QED) is 0.611. The molecule has 4 rings (SSSR count). The van der Waals surface area contributed by atoms with Crippen molar-refractivity contribution in [3.8, 4) is 11.5 Å². The van der Waals surface area contributed by atoms with E-state index in [1.165, 1.54) is 4.90 Å². The zero-order chi connectivity index (χ0) is 24.4. The number of ether oxygens (including phenoxy) is 2. The summed E-state index contributed by atoms with van der Waals surface area (Å²) in [6, 6.07) is 10.5. The van der Waals surface area contributed by atoms with Gasteiger partial charge in [0.25, 0.3) is 5.91 Å². The van der Waals surface area contributed by atoms with E-state index >= 15 is 0 Å². The van der Waals surface area contributed by atoms with Crippen molar-refractivity contribution in [2.75, 3.05) is 33.1 Å². The molecular formula is C26H31N3O5. The maximum atomic E-state index is 13.7. The fraction of sp³-hybridized carbons (Fsp3) is 0.423. The predicted molar refractivity (Wildman–Crippen MR) is 128 cm³/mol. The molecule has 8 heteroatoms. The van der Waals surface area contributed by atoms with Crippen LogP contribution in [0.4, 0.5) is 5.69 Å². The van der Waals surface area contributed by atoms with E-state index in [0.717, 1.165) is 24.0 Å². The predicted octanol–water partition coefficient (Wildman–Crippen LogP) is 3.62. The Hall–Kier alpha value is -3.55. The number of hydrogen-bond donors (Lipinski definition) is 1. The molecule has 8 nitrogen and oxygen atoms in total. The van der Waals surface area contributed by atoms with E-state index in [-0.39, 0.29) is 30.1 Å². The number of anilines is 1. The monoisotopic (exact) mass is 465 g/mol. The Balaban J connectivity index is 1.69. The molecule has 0 aromatic heterocycles. The lowest BCUT2D eigenvalue weighted by molar-refractivity contribution is -0.129. The Morgan fingerprint density at radius 3 is 2.59 bits per heavy atom. The highest BCUT2D eigenvalue weighted by molar-refractivity contribution is 6.07. The standard InChI is InChI=1S/C26H31N3O5/c1-5-34-22-13-17(11-12-21(22)33-4)20(14-23(30)28(2)3)29-15-18-7-6-8-19(24(18)26(29)32)27-25(31)16-9-10-16/h6-8,11-13,16,20H,5,9-10,14-15H2,1-4H3,(H,27,31)/t20-/m1/s1. The van der Waals surface area contributed by atoms with E-state index in [1.54, 1.807) is 38.2 Å². The molecule has 34 heavy (non-hydrogen) atoms.